The van der Waals surface area contributed by atoms with Gasteiger partial charge in [-0.3, -0.25) is 4.79 Å². The number of rotatable bonds is 6. The molecule has 0 aromatic rings. The number of nitrogens with zero attached hydrogens (tertiary/aromatic N) is 1. The molecular weight excluding hydrogens is 180 g/mol. The van der Waals surface area contributed by atoms with Crippen LogP contribution in [-0.2, 0) is 9.53 Å². The third kappa shape index (κ3) is 3.27. The van der Waals surface area contributed by atoms with Crippen LogP contribution in [0.3, 0.4) is 0 Å². The first-order valence-corrected chi connectivity index (χ1v) is 5.33. The number of carbonyl (C=O) groups is 1. The fourth-order valence-electron chi connectivity index (χ4n) is 1.73. The van der Waals surface area contributed by atoms with Gasteiger partial charge in [0.2, 0.25) is 5.91 Å². The lowest BCUT2D eigenvalue weighted by atomic mass is 10.1. The molecular formula is C10H20N2O2. The van der Waals surface area contributed by atoms with Crippen molar-refractivity contribution < 1.29 is 9.53 Å². The Hall–Kier alpha value is -0.610. The van der Waals surface area contributed by atoms with Crippen LogP contribution < -0.4 is 5.73 Å². The van der Waals surface area contributed by atoms with Crippen LogP contribution in [0.5, 0.6) is 0 Å². The van der Waals surface area contributed by atoms with Gasteiger partial charge in [0.05, 0.1) is 0 Å². The lowest BCUT2D eigenvalue weighted by Gasteiger charge is -2.15. The molecule has 0 aromatic heterocycles. The summed E-state index contributed by atoms with van der Waals surface area (Å²) in [5, 5.41) is 0. The van der Waals surface area contributed by atoms with E-state index in [1.165, 1.54) is 0 Å². The summed E-state index contributed by atoms with van der Waals surface area (Å²) >= 11 is 0. The van der Waals surface area contributed by atoms with Crippen LogP contribution in [0.15, 0.2) is 0 Å². The van der Waals surface area contributed by atoms with Crippen molar-refractivity contribution >= 4 is 5.91 Å². The van der Waals surface area contributed by atoms with Crippen molar-refractivity contribution in [2.75, 3.05) is 32.8 Å². The highest BCUT2D eigenvalue weighted by Gasteiger charge is 2.27. The average molecular weight is 200 g/mol. The van der Waals surface area contributed by atoms with Crippen LogP contribution in [0, 0.1) is 5.92 Å². The first kappa shape index (κ1) is 11.5. The normalized spacial score (nSPS) is 22.0. The summed E-state index contributed by atoms with van der Waals surface area (Å²) in [5.74, 6) is 0.617. The van der Waals surface area contributed by atoms with Gasteiger partial charge in [-0.2, -0.15) is 0 Å². The highest BCUT2D eigenvalue weighted by Crippen LogP contribution is 2.16. The first-order chi connectivity index (χ1) is 6.77. The molecule has 1 aliphatic rings. The van der Waals surface area contributed by atoms with Crippen LogP contribution in [0.2, 0.25) is 0 Å². The standard InChI is InChI=1S/C10H20N2O2/c1-2-14-5-3-4-12-8-9(7-11)6-10(12)13/h9H,2-8,11H2,1H3. The number of hydrogen-bond donors (Lipinski definition) is 1. The molecule has 2 N–H and O–H groups in total. The monoisotopic (exact) mass is 200 g/mol. The minimum atomic E-state index is 0.247. The van der Waals surface area contributed by atoms with Gasteiger partial charge in [-0.05, 0) is 25.8 Å². The van der Waals surface area contributed by atoms with Crippen molar-refractivity contribution in [1.29, 1.82) is 0 Å². The average Bonchev–Trinajstić information content (AvgIpc) is 2.54. The van der Waals surface area contributed by atoms with Gasteiger partial charge < -0.3 is 15.4 Å². The Bertz CT molecular complexity index is 185. The van der Waals surface area contributed by atoms with Crippen molar-refractivity contribution in [1.82, 2.24) is 4.90 Å². The number of amides is 1. The molecule has 0 aliphatic carbocycles. The summed E-state index contributed by atoms with van der Waals surface area (Å²) in [7, 11) is 0. The summed E-state index contributed by atoms with van der Waals surface area (Å²) in [6, 6.07) is 0. The molecule has 82 valence electrons. The quantitative estimate of drug-likeness (QED) is 0.624. The molecule has 0 saturated carbocycles. The van der Waals surface area contributed by atoms with Gasteiger partial charge >= 0.3 is 0 Å². The molecule has 1 fully saturated rings. The maximum Gasteiger partial charge on any atom is 0.222 e. The fraction of sp³-hybridized carbons (Fsp3) is 0.900. The summed E-state index contributed by atoms with van der Waals surface area (Å²) in [6.45, 7) is 5.74. The molecule has 1 amide bonds. The van der Waals surface area contributed by atoms with E-state index in [4.69, 9.17) is 10.5 Å². The summed E-state index contributed by atoms with van der Waals surface area (Å²) in [6.07, 6.45) is 1.56. The lowest BCUT2D eigenvalue weighted by molar-refractivity contribution is -0.127. The highest BCUT2D eigenvalue weighted by molar-refractivity contribution is 5.78. The summed E-state index contributed by atoms with van der Waals surface area (Å²) in [4.78, 5) is 13.3. The lowest BCUT2D eigenvalue weighted by Crippen LogP contribution is -2.28. The van der Waals surface area contributed by atoms with Crippen LogP contribution >= 0.6 is 0 Å². The summed E-state index contributed by atoms with van der Waals surface area (Å²) in [5.41, 5.74) is 5.53. The van der Waals surface area contributed by atoms with Crippen LogP contribution in [0.1, 0.15) is 19.8 Å². The number of ether oxygens (including phenoxy) is 1. The molecule has 1 atom stereocenters. The maximum absolute atomic E-state index is 11.4. The van der Waals surface area contributed by atoms with Crippen LogP contribution in [0.4, 0.5) is 0 Å². The predicted octanol–water partition coefficient (Wildman–Crippen LogP) is 0.220. The molecule has 0 spiro atoms. The van der Waals surface area contributed by atoms with E-state index < -0.39 is 0 Å². The van der Waals surface area contributed by atoms with Gasteiger partial charge in [0, 0.05) is 32.7 Å². The Kier molecular flexibility index (Phi) is 4.90. The Labute approximate surface area is 85.4 Å². The molecule has 0 bridgehead atoms. The molecule has 4 heteroatoms. The van der Waals surface area contributed by atoms with E-state index in [0.717, 1.165) is 32.7 Å². The maximum atomic E-state index is 11.4. The van der Waals surface area contributed by atoms with Gasteiger partial charge in [-0.25, -0.2) is 0 Å². The zero-order valence-corrected chi connectivity index (χ0v) is 8.87. The van der Waals surface area contributed by atoms with Gasteiger partial charge in [-0.1, -0.05) is 0 Å². The first-order valence-electron chi connectivity index (χ1n) is 5.33. The Morgan fingerprint density at radius 3 is 3.00 bits per heavy atom. The van der Waals surface area contributed by atoms with Crippen LogP contribution in [0.25, 0.3) is 0 Å². The summed E-state index contributed by atoms with van der Waals surface area (Å²) < 4.78 is 5.22. The van der Waals surface area contributed by atoms with Crippen molar-refractivity contribution in [3.05, 3.63) is 0 Å². The third-order valence-corrected chi connectivity index (χ3v) is 2.55. The van der Waals surface area contributed by atoms with Gasteiger partial charge in [0.15, 0.2) is 0 Å². The van der Waals surface area contributed by atoms with Crippen LogP contribution in [-0.4, -0.2) is 43.7 Å². The minimum absolute atomic E-state index is 0.247. The van der Waals surface area contributed by atoms with Gasteiger partial charge in [0.1, 0.15) is 0 Å². The Balaban J connectivity index is 2.15. The molecule has 1 aliphatic heterocycles. The van der Waals surface area contributed by atoms with Crippen molar-refractivity contribution in [3.8, 4) is 0 Å². The molecule has 1 saturated heterocycles. The second-order valence-corrected chi connectivity index (χ2v) is 3.70. The molecule has 4 nitrogen and oxygen atoms in total. The molecule has 1 rings (SSSR count). The van der Waals surface area contributed by atoms with Crippen molar-refractivity contribution in [3.63, 3.8) is 0 Å². The predicted molar refractivity (Wildman–Crippen MR) is 54.9 cm³/mol. The molecule has 0 radical (unpaired) electrons. The number of likely N-dealkylation sites (tertiary alicyclic amines) is 1. The minimum Gasteiger partial charge on any atom is -0.382 e. The van der Waals surface area contributed by atoms with E-state index in [0.29, 0.717) is 18.9 Å². The smallest absolute Gasteiger partial charge is 0.222 e. The molecule has 14 heavy (non-hydrogen) atoms. The van der Waals surface area contributed by atoms with E-state index in [2.05, 4.69) is 0 Å². The zero-order valence-electron chi connectivity index (χ0n) is 8.87. The molecule has 0 aromatic carbocycles. The van der Waals surface area contributed by atoms with E-state index in [-0.39, 0.29) is 5.91 Å². The van der Waals surface area contributed by atoms with E-state index in [9.17, 15) is 4.79 Å². The highest BCUT2D eigenvalue weighted by atomic mass is 16.5. The van der Waals surface area contributed by atoms with Crippen molar-refractivity contribution in [2.24, 2.45) is 11.7 Å². The fourth-order valence-corrected chi connectivity index (χ4v) is 1.73. The van der Waals surface area contributed by atoms with Crippen molar-refractivity contribution in [2.45, 2.75) is 19.8 Å². The zero-order chi connectivity index (χ0) is 10.4. The number of nitrogens with two attached hydrogens (primary N) is 1. The molecule has 1 unspecified atom stereocenters. The molecule has 1 heterocycles. The number of carbonyl (C=O) groups excluding carboxylic acids is 1. The van der Waals surface area contributed by atoms with E-state index >= 15 is 0 Å². The Morgan fingerprint density at radius 2 is 2.43 bits per heavy atom. The second kappa shape index (κ2) is 5.98. The Morgan fingerprint density at radius 1 is 1.64 bits per heavy atom. The van der Waals surface area contributed by atoms with E-state index in [1.807, 2.05) is 11.8 Å². The largest absolute Gasteiger partial charge is 0.382 e. The van der Waals surface area contributed by atoms with E-state index in [1.54, 1.807) is 0 Å². The van der Waals surface area contributed by atoms with Gasteiger partial charge in [-0.15, -0.1) is 0 Å². The number of hydrogen-bond acceptors (Lipinski definition) is 3. The topological polar surface area (TPSA) is 55.6 Å². The SMILES string of the molecule is CCOCCCN1CC(CN)CC1=O. The third-order valence-electron chi connectivity index (χ3n) is 2.55. The van der Waals surface area contributed by atoms with Gasteiger partial charge in [0.25, 0.3) is 0 Å². The second-order valence-electron chi connectivity index (χ2n) is 3.70.